The summed E-state index contributed by atoms with van der Waals surface area (Å²) in [5.74, 6) is 0.106. The third-order valence-electron chi connectivity index (χ3n) is 5.07. The second-order valence-corrected chi connectivity index (χ2v) is 8.65. The van der Waals surface area contributed by atoms with Gasteiger partial charge < -0.3 is 9.47 Å². The summed E-state index contributed by atoms with van der Waals surface area (Å²) in [6.07, 6.45) is 1.66. The van der Waals surface area contributed by atoms with Crippen LogP contribution in [0.3, 0.4) is 0 Å². The quantitative estimate of drug-likeness (QED) is 0.367. The molecule has 0 radical (unpaired) electrons. The summed E-state index contributed by atoms with van der Waals surface area (Å²) >= 11 is 0. The number of nitrogens with zero attached hydrogens (tertiary/aromatic N) is 1. The Hall–Kier alpha value is -3.73. The predicted octanol–water partition coefficient (Wildman–Crippen LogP) is 6.05. The van der Waals surface area contributed by atoms with Crippen LogP contribution in [0.4, 0.5) is 4.39 Å². The van der Waals surface area contributed by atoms with E-state index in [1.165, 1.54) is 17.7 Å². The highest BCUT2D eigenvalue weighted by Crippen LogP contribution is 2.25. The molecule has 3 aromatic rings. The molecule has 162 valence electrons. The molecular formula is C27H24FNO3. The second-order valence-electron chi connectivity index (χ2n) is 8.65. The molecule has 0 saturated heterocycles. The molecule has 0 atom stereocenters. The smallest absolute Gasteiger partial charge is 0.363 e. The van der Waals surface area contributed by atoms with Gasteiger partial charge in [0, 0.05) is 5.56 Å². The van der Waals surface area contributed by atoms with Crippen LogP contribution in [0.15, 0.2) is 83.5 Å². The SMILES string of the molecule is CC(C)(C)c1ccc(C2=N/C(=C/c3cccc(OCc4cccc(F)c4)c3)C(=O)O2)cc1. The van der Waals surface area contributed by atoms with Crippen molar-refractivity contribution in [1.82, 2.24) is 0 Å². The van der Waals surface area contributed by atoms with Gasteiger partial charge in [-0.3, -0.25) is 0 Å². The maximum Gasteiger partial charge on any atom is 0.363 e. The zero-order chi connectivity index (χ0) is 22.7. The summed E-state index contributed by atoms with van der Waals surface area (Å²) in [5, 5.41) is 0. The zero-order valence-electron chi connectivity index (χ0n) is 18.3. The molecule has 1 aliphatic heterocycles. The molecule has 0 spiro atoms. The van der Waals surface area contributed by atoms with Crippen LogP contribution in [-0.4, -0.2) is 11.9 Å². The summed E-state index contributed by atoms with van der Waals surface area (Å²) in [4.78, 5) is 16.7. The molecule has 32 heavy (non-hydrogen) atoms. The largest absolute Gasteiger partial charge is 0.489 e. The van der Waals surface area contributed by atoms with E-state index in [0.29, 0.717) is 11.6 Å². The van der Waals surface area contributed by atoms with Crippen LogP contribution in [0.2, 0.25) is 0 Å². The Morgan fingerprint density at radius 1 is 1.00 bits per heavy atom. The minimum atomic E-state index is -0.494. The van der Waals surface area contributed by atoms with Gasteiger partial charge in [0.1, 0.15) is 18.2 Å². The minimum Gasteiger partial charge on any atom is -0.489 e. The molecule has 1 heterocycles. The monoisotopic (exact) mass is 429 g/mol. The van der Waals surface area contributed by atoms with Gasteiger partial charge in [-0.15, -0.1) is 0 Å². The third-order valence-corrected chi connectivity index (χ3v) is 5.07. The van der Waals surface area contributed by atoms with Gasteiger partial charge in [-0.2, -0.15) is 0 Å². The lowest BCUT2D eigenvalue weighted by Crippen LogP contribution is -2.11. The number of carbonyl (C=O) groups excluding carboxylic acids is 1. The highest BCUT2D eigenvalue weighted by Gasteiger charge is 2.24. The highest BCUT2D eigenvalue weighted by atomic mass is 19.1. The Labute approximate surface area is 187 Å². The van der Waals surface area contributed by atoms with Crippen molar-refractivity contribution in [3.63, 3.8) is 0 Å². The number of esters is 1. The molecule has 0 saturated carbocycles. The van der Waals surface area contributed by atoms with Crippen LogP contribution in [0, 0.1) is 5.82 Å². The van der Waals surface area contributed by atoms with E-state index < -0.39 is 5.97 Å². The maximum atomic E-state index is 13.3. The van der Waals surface area contributed by atoms with E-state index in [9.17, 15) is 9.18 Å². The van der Waals surface area contributed by atoms with E-state index in [1.807, 2.05) is 36.4 Å². The Morgan fingerprint density at radius 3 is 2.47 bits per heavy atom. The first-order chi connectivity index (χ1) is 15.3. The first kappa shape index (κ1) is 21.5. The Morgan fingerprint density at radius 2 is 1.75 bits per heavy atom. The Balaban J connectivity index is 1.50. The number of rotatable bonds is 5. The normalized spacial score (nSPS) is 14.9. The summed E-state index contributed by atoms with van der Waals surface area (Å²) in [6.45, 7) is 6.68. The van der Waals surface area contributed by atoms with Crippen LogP contribution >= 0.6 is 0 Å². The van der Waals surface area contributed by atoms with Gasteiger partial charge in [-0.25, -0.2) is 14.2 Å². The molecular weight excluding hydrogens is 405 g/mol. The molecule has 4 rings (SSSR count). The zero-order valence-corrected chi connectivity index (χ0v) is 18.3. The summed E-state index contributed by atoms with van der Waals surface area (Å²) in [6, 6.07) is 21.4. The van der Waals surface area contributed by atoms with Crippen LogP contribution in [0.5, 0.6) is 5.75 Å². The van der Waals surface area contributed by atoms with Crippen molar-refractivity contribution in [2.24, 2.45) is 4.99 Å². The average molecular weight is 429 g/mol. The molecule has 1 aliphatic rings. The van der Waals surface area contributed by atoms with E-state index >= 15 is 0 Å². The summed E-state index contributed by atoms with van der Waals surface area (Å²) in [7, 11) is 0. The average Bonchev–Trinajstić information content (AvgIpc) is 3.12. The number of cyclic esters (lactones) is 1. The first-order valence-corrected chi connectivity index (χ1v) is 10.4. The van der Waals surface area contributed by atoms with Crippen molar-refractivity contribution >= 4 is 17.9 Å². The van der Waals surface area contributed by atoms with E-state index in [0.717, 1.165) is 16.7 Å². The fourth-order valence-electron chi connectivity index (χ4n) is 3.29. The van der Waals surface area contributed by atoms with Crippen molar-refractivity contribution in [2.45, 2.75) is 32.8 Å². The molecule has 4 nitrogen and oxygen atoms in total. The summed E-state index contributed by atoms with van der Waals surface area (Å²) in [5.41, 5.74) is 3.70. The fourth-order valence-corrected chi connectivity index (χ4v) is 3.29. The number of benzene rings is 3. The molecule has 0 bridgehead atoms. The van der Waals surface area contributed by atoms with Crippen molar-refractivity contribution in [3.05, 3.63) is 107 Å². The lowest BCUT2D eigenvalue weighted by atomic mass is 9.87. The van der Waals surface area contributed by atoms with Crippen LogP contribution in [0.1, 0.15) is 43.0 Å². The van der Waals surface area contributed by atoms with Crippen LogP contribution in [-0.2, 0) is 21.6 Å². The molecule has 5 heteroatoms. The van der Waals surface area contributed by atoms with Gasteiger partial charge in [0.2, 0.25) is 5.90 Å². The topological polar surface area (TPSA) is 47.9 Å². The predicted molar refractivity (Wildman–Crippen MR) is 123 cm³/mol. The van der Waals surface area contributed by atoms with E-state index in [2.05, 4.69) is 25.8 Å². The molecule has 0 amide bonds. The number of hydrogen-bond acceptors (Lipinski definition) is 4. The van der Waals surface area contributed by atoms with E-state index in [4.69, 9.17) is 9.47 Å². The maximum absolute atomic E-state index is 13.3. The lowest BCUT2D eigenvalue weighted by molar-refractivity contribution is -0.129. The van der Waals surface area contributed by atoms with Gasteiger partial charge >= 0.3 is 5.97 Å². The van der Waals surface area contributed by atoms with Gasteiger partial charge in [0.05, 0.1) is 0 Å². The lowest BCUT2D eigenvalue weighted by Gasteiger charge is -2.18. The van der Waals surface area contributed by atoms with Gasteiger partial charge in [-0.05, 0) is 64.6 Å². The molecule has 0 unspecified atom stereocenters. The molecule has 0 N–H and O–H groups in total. The number of carbonyl (C=O) groups is 1. The second kappa shape index (κ2) is 8.79. The Bertz CT molecular complexity index is 1200. The number of hydrogen-bond donors (Lipinski definition) is 0. The van der Waals surface area contributed by atoms with Gasteiger partial charge in [-0.1, -0.05) is 57.2 Å². The number of halogens is 1. The standard InChI is InChI=1S/C27H24FNO3/c1-27(2,3)21-12-10-20(11-13-21)25-29-24(26(30)32-25)16-18-6-5-9-23(15-18)31-17-19-7-4-8-22(28)14-19/h4-16H,17H2,1-3H3/b24-16+. The van der Waals surface area contributed by atoms with Crippen molar-refractivity contribution < 1.29 is 18.7 Å². The fraction of sp³-hybridized carbons (Fsp3) is 0.185. The van der Waals surface area contributed by atoms with Crippen molar-refractivity contribution in [3.8, 4) is 5.75 Å². The van der Waals surface area contributed by atoms with Crippen LogP contribution in [0.25, 0.3) is 6.08 Å². The molecule has 3 aromatic carbocycles. The van der Waals surface area contributed by atoms with E-state index in [1.54, 1.807) is 30.3 Å². The van der Waals surface area contributed by atoms with Gasteiger partial charge in [0.15, 0.2) is 5.70 Å². The first-order valence-electron chi connectivity index (χ1n) is 10.4. The highest BCUT2D eigenvalue weighted by molar-refractivity contribution is 6.12. The van der Waals surface area contributed by atoms with E-state index in [-0.39, 0.29) is 23.5 Å². The number of ether oxygens (including phenoxy) is 2. The molecule has 0 aliphatic carbocycles. The van der Waals surface area contributed by atoms with Gasteiger partial charge in [0.25, 0.3) is 0 Å². The third kappa shape index (κ3) is 5.11. The Kier molecular flexibility index (Phi) is 5.91. The minimum absolute atomic E-state index is 0.0412. The van der Waals surface area contributed by atoms with Crippen molar-refractivity contribution in [1.29, 1.82) is 0 Å². The summed E-state index contributed by atoms with van der Waals surface area (Å²) < 4.78 is 24.5. The number of aliphatic imine (C=N–C) groups is 1. The van der Waals surface area contributed by atoms with Crippen LogP contribution < -0.4 is 4.74 Å². The van der Waals surface area contributed by atoms with Crippen molar-refractivity contribution in [2.75, 3.05) is 0 Å². The molecule has 0 fully saturated rings. The molecule has 0 aromatic heterocycles.